The zero-order valence-corrected chi connectivity index (χ0v) is 22.1. The number of nitrogens with zero attached hydrogens (tertiary/aromatic N) is 5. The van der Waals surface area contributed by atoms with E-state index in [0.717, 1.165) is 32.6 Å². The second-order valence-electron chi connectivity index (χ2n) is 9.56. The van der Waals surface area contributed by atoms with Crippen LogP contribution in [0.15, 0.2) is 128 Å². The maximum Gasteiger partial charge on any atom is 0.165 e. The average molecular weight is 532 g/mol. The molecule has 0 aliphatic heterocycles. The van der Waals surface area contributed by atoms with Gasteiger partial charge < -0.3 is 4.57 Å². The van der Waals surface area contributed by atoms with Crippen molar-refractivity contribution in [3.8, 4) is 39.9 Å². The van der Waals surface area contributed by atoms with Crippen LogP contribution in [-0.2, 0) is 0 Å². The van der Waals surface area contributed by atoms with Crippen LogP contribution >= 0.6 is 11.3 Å². The fraction of sp³-hybridized carbons (Fsp3) is 0. The van der Waals surface area contributed by atoms with Gasteiger partial charge in [0.1, 0.15) is 0 Å². The molecule has 4 heterocycles. The summed E-state index contributed by atoms with van der Waals surface area (Å²) in [6.45, 7) is 0. The van der Waals surface area contributed by atoms with Gasteiger partial charge in [-0.25, -0.2) is 15.0 Å². The first kappa shape index (κ1) is 22.8. The second-order valence-corrected chi connectivity index (χ2v) is 10.6. The zero-order chi connectivity index (χ0) is 26.5. The summed E-state index contributed by atoms with van der Waals surface area (Å²) in [4.78, 5) is 19.4. The van der Waals surface area contributed by atoms with Gasteiger partial charge in [-0.1, -0.05) is 91.0 Å². The third-order valence-electron chi connectivity index (χ3n) is 7.15. The van der Waals surface area contributed by atoms with Gasteiger partial charge >= 0.3 is 0 Å². The fourth-order valence-electron chi connectivity index (χ4n) is 5.34. The van der Waals surface area contributed by atoms with Gasteiger partial charge in [0, 0.05) is 44.0 Å². The molecule has 4 aromatic heterocycles. The van der Waals surface area contributed by atoms with Crippen LogP contribution in [0, 0.1) is 0 Å². The maximum atomic E-state index is 5.01. The van der Waals surface area contributed by atoms with E-state index in [4.69, 9.17) is 15.0 Å². The monoisotopic (exact) mass is 531 g/mol. The van der Waals surface area contributed by atoms with Gasteiger partial charge in [0.05, 0.1) is 21.9 Å². The van der Waals surface area contributed by atoms with Crippen LogP contribution in [-0.4, -0.2) is 24.5 Å². The molecule has 0 unspecified atom stereocenters. The number of hydrogen-bond acceptors (Lipinski definition) is 5. The lowest BCUT2D eigenvalue weighted by atomic mass is 10.1. The Morgan fingerprint density at radius 2 is 1.15 bits per heavy atom. The molecule has 0 saturated heterocycles. The molecule has 0 saturated carbocycles. The molecule has 8 rings (SSSR count). The van der Waals surface area contributed by atoms with E-state index >= 15 is 0 Å². The smallest absolute Gasteiger partial charge is 0.165 e. The Labute approximate surface area is 234 Å². The number of para-hydroxylation sites is 1. The minimum absolute atomic E-state index is 0.660. The standard InChI is InChI=1S/C34H21N5S/c1-4-11-22(12-5-1)32-36-33(23-13-6-2-7-14-23)38-34(37-32)27-18-10-17-26-29-31(40-30(26)27)25-19-20-35-21-28(25)39(29)24-15-8-3-9-16-24/h1-21H. The highest BCUT2D eigenvalue weighted by atomic mass is 32.1. The average Bonchev–Trinajstić information content (AvgIpc) is 3.57. The highest BCUT2D eigenvalue weighted by molar-refractivity contribution is 7.27. The van der Waals surface area contributed by atoms with Crippen molar-refractivity contribution in [1.29, 1.82) is 0 Å². The third kappa shape index (κ3) is 3.61. The number of thiophene rings is 1. The van der Waals surface area contributed by atoms with E-state index < -0.39 is 0 Å². The van der Waals surface area contributed by atoms with Crippen molar-refractivity contribution in [2.45, 2.75) is 0 Å². The second kappa shape index (κ2) is 9.22. The summed E-state index contributed by atoms with van der Waals surface area (Å²) in [6, 6.07) is 39.2. The first-order valence-electron chi connectivity index (χ1n) is 13.1. The molecule has 188 valence electrons. The van der Waals surface area contributed by atoms with E-state index in [1.807, 2.05) is 79.1 Å². The van der Waals surface area contributed by atoms with E-state index in [1.54, 1.807) is 11.3 Å². The number of fused-ring (bicyclic) bond motifs is 5. The quantitative estimate of drug-likeness (QED) is 0.228. The van der Waals surface area contributed by atoms with Crippen LogP contribution in [0.1, 0.15) is 0 Å². The molecule has 0 N–H and O–H groups in total. The molecular formula is C34H21N5S. The van der Waals surface area contributed by atoms with E-state index in [0.29, 0.717) is 17.5 Å². The summed E-state index contributed by atoms with van der Waals surface area (Å²) in [5, 5.41) is 2.35. The van der Waals surface area contributed by atoms with Crippen molar-refractivity contribution >= 4 is 42.5 Å². The predicted molar refractivity (Wildman–Crippen MR) is 164 cm³/mol. The molecule has 0 aliphatic rings. The van der Waals surface area contributed by atoms with Crippen molar-refractivity contribution in [2.75, 3.05) is 0 Å². The fourth-order valence-corrected chi connectivity index (χ4v) is 6.67. The van der Waals surface area contributed by atoms with Crippen molar-refractivity contribution in [3.63, 3.8) is 0 Å². The Hall–Kier alpha value is -5.20. The molecule has 0 bridgehead atoms. The molecular weight excluding hydrogens is 510 g/mol. The summed E-state index contributed by atoms with van der Waals surface area (Å²) < 4.78 is 4.70. The van der Waals surface area contributed by atoms with E-state index in [9.17, 15) is 0 Å². The molecule has 0 fully saturated rings. The Balaban J connectivity index is 1.43. The van der Waals surface area contributed by atoms with Gasteiger partial charge in [0.15, 0.2) is 17.5 Å². The van der Waals surface area contributed by atoms with Gasteiger partial charge in [-0.15, -0.1) is 11.3 Å². The van der Waals surface area contributed by atoms with Gasteiger partial charge in [0.25, 0.3) is 0 Å². The SMILES string of the molecule is c1ccc(-c2nc(-c3ccccc3)nc(-c3cccc4c3sc3c5ccncc5n(-c5ccccc5)c43)n2)cc1. The van der Waals surface area contributed by atoms with E-state index in [-0.39, 0.29) is 0 Å². The molecule has 40 heavy (non-hydrogen) atoms. The minimum atomic E-state index is 0.660. The summed E-state index contributed by atoms with van der Waals surface area (Å²) in [7, 11) is 0. The molecule has 0 spiro atoms. The molecule has 5 nitrogen and oxygen atoms in total. The number of aromatic nitrogens is 5. The van der Waals surface area contributed by atoms with Crippen molar-refractivity contribution in [2.24, 2.45) is 0 Å². The van der Waals surface area contributed by atoms with Crippen LogP contribution in [0.2, 0.25) is 0 Å². The summed E-state index contributed by atoms with van der Waals surface area (Å²) in [5.74, 6) is 1.99. The summed E-state index contributed by atoms with van der Waals surface area (Å²) in [6.07, 6.45) is 3.82. The molecule has 0 atom stereocenters. The molecule has 4 aromatic carbocycles. The number of benzene rings is 4. The highest BCUT2D eigenvalue weighted by Crippen LogP contribution is 2.45. The molecule has 0 aliphatic carbocycles. The van der Waals surface area contributed by atoms with Crippen molar-refractivity contribution < 1.29 is 0 Å². The molecule has 6 heteroatoms. The first-order chi connectivity index (χ1) is 19.8. The summed E-state index contributed by atoms with van der Waals surface area (Å²) in [5.41, 5.74) is 6.30. The highest BCUT2D eigenvalue weighted by Gasteiger charge is 2.21. The maximum absolute atomic E-state index is 5.01. The Kier molecular flexibility index (Phi) is 5.24. The van der Waals surface area contributed by atoms with Crippen molar-refractivity contribution in [3.05, 3.63) is 128 Å². The molecule has 0 radical (unpaired) electrons. The number of hydrogen-bond donors (Lipinski definition) is 0. The van der Waals surface area contributed by atoms with Crippen molar-refractivity contribution in [1.82, 2.24) is 24.5 Å². The normalized spacial score (nSPS) is 11.5. The van der Waals surface area contributed by atoms with Gasteiger partial charge in [-0.05, 0) is 24.3 Å². The lowest BCUT2D eigenvalue weighted by Gasteiger charge is -2.10. The Bertz CT molecular complexity index is 2090. The van der Waals surface area contributed by atoms with E-state index in [2.05, 4.69) is 58.1 Å². The minimum Gasteiger partial charge on any atom is -0.306 e. The lowest BCUT2D eigenvalue weighted by molar-refractivity contribution is 1.08. The predicted octanol–water partition coefficient (Wildman–Crippen LogP) is 8.58. The van der Waals surface area contributed by atoms with E-state index in [1.165, 1.54) is 21.0 Å². The number of pyridine rings is 1. The zero-order valence-electron chi connectivity index (χ0n) is 21.3. The van der Waals surface area contributed by atoms with Gasteiger partial charge in [0.2, 0.25) is 0 Å². The van der Waals surface area contributed by atoms with Crippen LogP contribution in [0.25, 0.3) is 71.1 Å². The Morgan fingerprint density at radius 3 is 1.82 bits per heavy atom. The summed E-state index contributed by atoms with van der Waals surface area (Å²) >= 11 is 1.78. The van der Waals surface area contributed by atoms with Gasteiger partial charge in [-0.3, -0.25) is 4.98 Å². The topological polar surface area (TPSA) is 56.5 Å². The first-order valence-corrected chi connectivity index (χ1v) is 13.9. The molecule has 0 amide bonds. The van der Waals surface area contributed by atoms with Crippen LogP contribution in [0.3, 0.4) is 0 Å². The Morgan fingerprint density at radius 1 is 0.525 bits per heavy atom. The van der Waals surface area contributed by atoms with Gasteiger partial charge in [-0.2, -0.15) is 0 Å². The number of rotatable bonds is 4. The lowest BCUT2D eigenvalue weighted by Crippen LogP contribution is -2.00. The molecule has 8 aromatic rings. The largest absolute Gasteiger partial charge is 0.306 e. The third-order valence-corrected chi connectivity index (χ3v) is 8.41. The van der Waals surface area contributed by atoms with Crippen LogP contribution < -0.4 is 0 Å². The van der Waals surface area contributed by atoms with Crippen LogP contribution in [0.4, 0.5) is 0 Å². The van der Waals surface area contributed by atoms with Crippen LogP contribution in [0.5, 0.6) is 0 Å².